The first-order chi connectivity index (χ1) is 11.3. The number of fused-ring (bicyclic) bond motifs is 2. The first-order valence-corrected chi connectivity index (χ1v) is 7.77. The number of anilines is 1. The molecule has 4 heterocycles. The number of hydrogen-bond donors (Lipinski definition) is 3. The van der Waals surface area contributed by atoms with Gasteiger partial charge < -0.3 is 29.6 Å². The van der Waals surface area contributed by atoms with E-state index in [0.29, 0.717) is 16.6 Å². The normalized spacial score (nSPS) is 31.7. The largest absolute Gasteiger partial charge is 0.394 e. The summed E-state index contributed by atoms with van der Waals surface area (Å²) >= 11 is 0. The first kappa shape index (κ1) is 15.6. The second-order valence-corrected chi connectivity index (χ2v) is 6.69. The Morgan fingerprint density at radius 3 is 2.83 bits per heavy atom. The molecule has 0 aromatic carbocycles. The summed E-state index contributed by atoms with van der Waals surface area (Å²) in [5.41, 5.74) is 6.94. The van der Waals surface area contributed by atoms with Crippen LogP contribution in [0.15, 0.2) is 11.0 Å². The van der Waals surface area contributed by atoms with Crippen molar-refractivity contribution in [3.8, 4) is 0 Å². The molecule has 24 heavy (non-hydrogen) atoms. The van der Waals surface area contributed by atoms with Crippen molar-refractivity contribution in [2.24, 2.45) is 7.05 Å². The molecule has 9 heteroatoms. The van der Waals surface area contributed by atoms with Crippen LogP contribution in [-0.4, -0.2) is 50.3 Å². The quantitative estimate of drug-likeness (QED) is 0.693. The summed E-state index contributed by atoms with van der Waals surface area (Å²) in [6.45, 7) is 3.46. The number of nitrogens with two attached hydrogens (primary N) is 1. The fourth-order valence-corrected chi connectivity index (χ4v) is 3.63. The molecule has 4 N–H and O–H groups in total. The SMILES string of the molecule is Cn1cc([C@@H]2O[C@H](CO)[C@H]3OC(C)(C)OC23)c2nc(N)[nH]c(=O)c21. The van der Waals surface area contributed by atoms with Gasteiger partial charge in [0.05, 0.1) is 6.61 Å². The molecule has 0 bridgehead atoms. The zero-order valence-electron chi connectivity index (χ0n) is 13.6. The highest BCUT2D eigenvalue weighted by Crippen LogP contribution is 2.46. The van der Waals surface area contributed by atoms with Crippen LogP contribution in [-0.2, 0) is 21.3 Å². The number of aliphatic hydroxyl groups is 1. The van der Waals surface area contributed by atoms with Crippen molar-refractivity contribution in [2.45, 2.75) is 44.1 Å². The lowest BCUT2D eigenvalue weighted by atomic mass is 10.0. The molecule has 9 nitrogen and oxygen atoms in total. The smallest absolute Gasteiger partial charge is 0.276 e. The molecule has 4 rings (SSSR count). The van der Waals surface area contributed by atoms with Crippen molar-refractivity contribution in [1.29, 1.82) is 0 Å². The van der Waals surface area contributed by atoms with Crippen LogP contribution in [0.5, 0.6) is 0 Å². The van der Waals surface area contributed by atoms with Crippen molar-refractivity contribution in [1.82, 2.24) is 14.5 Å². The van der Waals surface area contributed by atoms with Gasteiger partial charge in [0.15, 0.2) is 5.79 Å². The lowest BCUT2D eigenvalue weighted by Gasteiger charge is -2.23. The van der Waals surface area contributed by atoms with E-state index in [1.165, 1.54) is 0 Å². The van der Waals surface area contributed by atoms with Crippen LogP contribution in [0.4, 0.5) is 5.95 Å². The third-order valence-corrected chi connectivity index (χ3v) is 4.51. The fourth-order valence-electron chi connectivity index (χ4n) is 3.63. The molecule has 4 atom stereocenters. The molecule has 2 aliphatic rings. The van der Waals surface area contributed by atoms with E-state index in [-0.39, 0.29) is 24.2 Å². The minimum Gasteiger partial charge on any atom is -0.394 e. The Morgan fingerprint density at radius 2 is 2.12 bits per heavy atom. The Bertz CT molecular complexity index is 857. The molecule has 2 saturated heterocycles. The average molecular weight is 336 g/mol. The van der Waals surface area contributed by atoms with E-state index in [0.717, 1.165) is 0 Å². The molecule has 2 fully saturated rings. The van der Waals surface area contributed by atoms with Gasteiger partial charge >= 0.3 is 0 Å². The maximum absolute atomic E-state index is 12.2. The van der Waals surface area contributed by atoms with Gasteiger partial charge in [0.1, 0.15) is 35.4 Å². The Morgan fingerprint density at radius 1 is 1.42 bits per heavy atom. The van der Waals surface area contributed by atoms with Crippen LogP contribution < -0.4 is 11.3 Å². The highest BCUT2D eigenvalue weighted by atomic mass is 16.8. The van der Waals surface area contributed by atoms with Crippen molar-refractivity contribution in [2.75, 3.05) is 12.3 Å². The van der Waals surface area contributed by atoms with Gasteiger partial charge in [-0.1, -0.05) is 0 Å². The highest BCUT2D eigenvalue weighted by Gasteiger charge is 2.55. The van der Waals surface area contributed by atoms with Gasteiger partial charge in [-0.05, 0) is 13.8 Å². The molecule has 0 radical (unpaired) electrons. The maximum Gasteiger partial charge on any atom is 0.276 e. The minimum atomic E-state index is -0.765. The summed E-state index contributed by atoms with van der Waals surface area (Å²) in [5.74, 6) is -0.726. The Labute approximate surface area is 137 Å². The van der Waals surface area contributed by atoms with Crippen LogP contribution in [0.25, 0.3) is 11.0 Å². The molecule has 130 valence electrons. The van der Waals surface area contributed by atoms with E-state index in [1.807, 2.05) is 13.8 Å². The standard InChI is InChI=1S/C15H20N4O5/c1-15(2)23-11-7(5-20)22-10(12(11)24-15)6-4-19(3)9-8(6)17-14(16)18-13(9)21/h4,7,10-12,20H,5H2,1-3H3,(H3,16,17,18,21)/t7-,10+,11-,12?/m1/s1. The number of aromatic amines is 1. The fraction of sp³-hybridized carbons (Fsp3) is 0.600. The zero-order chi connectivity index (χ0) is 17.2. The molecule has 2 aromatic heterocycles. The van der Waals surface area contributed by atoms with E-state index in [1.54, 1.807) is 17.8 Å². The summed E-state index contributed by atoms with van der Waals surface area (Å²) in [5, 5.41) is 9.60. The molecule has 0 amide bonds. The molecule has 0 aliphatic carbocycles. The summed E-state index contributed by atoms with van der Waals surface area (Å²) < 4.78 is 19.5. The van der Waals surface area contributed by atoms with Crippen LogP contribution >= 0.6 is 0 Å². The number of aromatic nitrogens is 3. The zero-order valence-corrected chi connectivity index (χ0v) is 13.6. The number of aliphatic hydroxyl groups excluding tert-OH is 1. The number of ether oxygens (including phenoxy) is 3. The highest BCUT2D eigenvalue weighted by molar-refractivity contribution is 5.80. The molecule has 0 spiro atoms. The number of aryl methyl sites for hydroxylation is 1. The second-order valence-electron chi connectivity index (χ2n) is 6.69. The van der Waals surface area contributed by atoms with Gasteiger partial charge in [-0.3, -0.25) is 9.78 Å². The van der Waals surface area contributed by atoms with Crippen LogP contribution in [0.1, 0.15) is 25.5 Å². The van der Waals surface area contributed by atoms with Gasteiger partial charge in [-0.2, -0.15) is 0 Å². The van der Waals surface area contributed by atoms with E-state index >= 15 is 0 Å². The summed E-state index contributed by atoms with van der Waals surface area (Å²) in [4.78, 5) is 18.9. The van der Waals surface area contributed by atoms with Crippen molar-refractivity contribution in [3.63, 3.8) is 0 Å². The molecular weight excluding hydrogens is 316 g/mol. The first-order valence-electron chi connectivity index (χ1n) is 7.77. The summed E-state index contributed by atoms with van der Waals surface area (Å²) in [6, 6.07) is 0. The minimum absolute atomic E-state index is 0.0390. The number of nitrogen functional groups attached to an aromatic ring is 1. The Hall–Kier alpha value is -1.94. The topological polar surface area (TPSA) is 125 Å². The molecule has 2 aliphatic heterocycles. The lowest BCUT2D eigenvalue weighted by Crippen LogP contribution is -2.31. The Kier molecular flexibility index (Phi) is 3.26. The maximum atomic E-state index is 12.2. The van der Waals surface area contributed by atoms with Crippen LogP contribution in [0.2, 0.25) is 0 Å². The van der Waals surface area contributed by atoms with Crippen molar-refractivity contribution >= 4 is 17.0 Å². The van der Waals surface area contributed by atoms with E-state index in [4.69, 9.17) is 19.9 Å². The lowest BCUT2D eigenvalue weighted by molar-refractivity contribution is -0.190. The van der Waals surface area contributed by atoms with E-state index in [2.05, 4.69) is 9.97 Å². The van der Waals surface area contributed by atoms with Crippen molar-refractivity contribution in [3.05, 3.63) is 22.1 Å². The van der Waals surface area contributed by atoms with Gasteiger partial charge in [-0.25, -0.2) is 4.98 Å². The molecule has 2 aromatic rings. The van der Waals surface area contributed by atoms with Gasteiger partial charge in [0.25, 0.3) is 5.56 Å². The van der Waals surface area contributed by atoms with Gasteiger partial charge in [0, 0.05) is 18.8 Å². The average Bonchev–Trinajstić information content (AvgIpc) is 3.07. The molecule has 0 saturated carbocycles. The van der Waals surface area contributed by atoms with E-state index in [9.17, 15) is 9.90 Å². The third kappa shape index (κ3) is 2.16. The van der Waals surface area contributed by atoms with Gasteiger partial charge in [0.2, 0.25) is 5.95 Å². The predicted molar refractivity (Wildman–Crippen MR) is 84.3 cm³/mol. The third-order valence-electron chi connectivity index (χ3n) is 4.51. The number of hydrogen-bond acceptors (Lipinski definition) is 7. The van der Waals surface area contributed by atoms with Crippen LogP contribution in [0.3, 0.4) is 0 Å². The van der Waals surface area contributed by atoms with Gasteiger partial charge in [-0.15, -0.1) is 0 Å². The second kappa shape index (κ2) is 5.03. The van der Waals surface area contributed by atoms with E-state index < -0.39 is 24.1 Å². The molecular formula is C15H20N4O5. The van der Waals surface area contributed by atoms with Crippen molar-refractivity contribution < 1.29 is 19.3 Å². The number of H-pyrrole nitrogens is 1. The molecule has 1 unspecified atom stereocenters. The summed E-state index contributed by atoms with van der Waals surface area (Å²) in [7, 11) is 1.75. The summed E-state index contributed by atoms with van der Waals surface area (Å²) in [6.07, 6.45) is -0.0138. The monoisotopic (exact) mass is 336 g/mol. The number of nitrogens with one attached hydrogen (secondary N) is 1. The Balaban J connectivity index is 1.84. The number of nitrogens with zero attached hydrogens (tertiary/aromatic N) is 2. The predicted octanol–water partition coefficient (Wildman–Crippen LogP) is -0.204. The van der Waals surface area contributed by atoms with Crippen LogP contribution in [0, 0.1) is 0 Å². The number of rotatable bonds is 2.